The fraction of sp³-hybridized carbons (Fsp3) is 0.500. The van der Waals surface area contributed by atoms with Gasteiger partial charge in [0.25, 0.3) is 0 Å². The highest BCUT2D eigenvalue weighted by Gasteiger charge is 2.03. The predicted octanol–water partition coefficient (Wildman–Crippen LogP) is 1.57. The molecule has 0 aromatic carbocycles. The molecule has 0 saturated heterocycles. The first-order valence-corrected chi connectivity index (χ1v) is 3.82. The lowest BCUT2D eigenvalue weighted by atomic mass is 10.1. The van der Waals surface area contributed by atoms with E-state index in [1.165, 1.54) is 0 Å². The third-order valence-electron chi connectivity index (χ3n) is 1.81. The lowest BCUT2D eigenvalue weighted by molar-refractivity contribution is 0.706. The summed E-state index contributed by atoms with van der Waals surface area (Å²) in [7, 11) is 0. The van der Waals surface area contributed by atoms with Crippen LogP contribution in [0, 0.1) is 0 Å². The first-order chi connectivity index (χ1) is 5.24. The Labute approximate surface area is 66.7 Å². The topological polar surface area (TPSA) is 51.8 Å². The highest BCUT2D eigenvalue weighted by atomic mass is 15.0. The van der Waals surface area contributed by atoms with Crippen molar-refractivity contribution >= 4 is 5.95 Å². The highest BCUT2D eigenvalue weighted by molar-refractivity contribution is 5.19. The van der Waals surface area contributed by atoms with Crippen LogP contribution in [-0.2, 0) is 0 Å². The third-order valence-corrected chi connectivity index (χ3v) is 1.81. The zero-order chi connectivity index (χ0) is 8.27. The van der Waals surface area contributed by atoms with Gasteiger partial charge in [0.05, 0.1) is 0 Å². The van der Waals surface area contributed by atoms with Crippen molar-refractivity contribution in [3.05, 3.63) is 18.0 Å². The molecule has 0 fully saturated rings. The third kappa shape index (κ3) is 1.90. The van der Waals surface area contributed by atoms with E-state index in [0.717, 1.165) is 12.1 Å². The van der Waals surface area contributed by atoms with Crippen LogP contribution < -0.4 is 5.73 Å². The Balaban J connectivity index is 2.86. The van der Waals surface area contributed by atoms with E-state index in [-0.39, 0.29) is 0 Å². The van der Waals surface area contributed by atoms with Crippen LogP contribution >= 0.6 is 0 Å². The molecular formula is C8H13N3. The van der Waals surface area contributed by atoms with E-state index in [9.17, 15) is 0 Å². The minimum Gasteiger partial charge on any atom is -0.368 e. The Morgan fingerprint density at radius 1 is 1.64 bits per heavy atom. The van der Waals surface area contributed by atoms with Gasteiger partial charge in [0.2, 0.25) is 5.95 Å². The van der Waals surface area contributed by atoms with Gasteiger partial charge in [-0.3, -0.25) is 0 Å². The van der Waals surface area contributed by atoms with Crippen molar-refractivity contribution in [1.82, 2.24) is 9.97 Å². The second-order valence-electron chi connectivity index (χ2n) is 2.65. The zero-order valence-electron chi connectivity index (χ0n) is 6.91. The van der Waals surface area contributed by atoms with Crippen LogP contribution in [0.25, 0.3) is 0 Å². The number of hydrogen-bond donors (Lipinski definition) is 1. The van der Waals surface area contributed by atoms with Gasteiger partial charge in [0.1, 0.15) is 0 Å². The smallest absolute Gasteiger partial charge is 0.220 e. The fourth-order valence-corrected chi connectivity index (χ4v) is 0.872. The molecule has 0 aliphatic rings. The van der Waals surface area contributed by atoms with E-state index >= 15 is 0 Å². The minimum absolute atomic E-state index is 0.364. The number of aromatic nitrogens is 2. The number of rotatable bonds is 2. The molecule has 1 rings (SSSR count). The lowest BCUT2D eigenvalue weighted by Gasteiger charge is -2.06. The maximum Gasteiger partial charge on any atom is 0.220 e. The van der Waals surface area contributed by atoms with Crippen molar-refractivity contribution in [2.75, 3.05) is 5.73 Å². The van der Waals surface area contributed by atoms with Crippen LogP contribution in [-0.4, -0.2) is 9.97 Å². The van der Waals surface area contributed by atoms with Crippen molar-refractivity contribution in [3.63, 3.8) is 0 Å². The van der Waals surface area contributed by atoms with E-state index in [1.54, 1.807) is 6.20 Å². The maximum absolute atomic E-state index is 5.43. The quantitative estimate of drug-likeness (QED) is 0.698. The molecule has 2 N–H and O–H groups in total. The monoisotopic (exact) mass is 151 g/mol. The molecule has 1 aromatic heterocycles. The SMILES string of the molecule is CCC(C)c1ccnc(N)n1. The second-order valence-corrected chi connectivity index (χ2v) is 2.65. The summed E-state index contributed by atoms with van der Waals surface area (Å²) in [4.78, 5) is 7.93. The molecule has 1 heterocycles. The molecule has 60 valence electrons. The molecule has 1 aromatic rings. The molecule has 0 spiro atoms. The number of nitrogen functional groups attached to an aromatic ring is 1. The van der Waals surface area contributed by atoms with Gasteiger partial charge in [0.15, 0.2) is 0 Å². The van der Waals surface area contributed by atoms with Crippen molar-refractivity contribution in [2.45, 2.75) is 26.2 Å². The van der Waals surface area contributed by atoms with E-state index < -0.39 is 0 Å². The predicted molar refractivity (Wildman–Crippen MR) is 45.2 cm³/mol. The van der Waals surface area contributed by atoms with Gasteiger partial charge in [-0.05, 0) is 18.4 Å². The van der Waals surface area contributed by atoms with Crippen molar-refractivity contribution in [1.29, 1.82) is 0 Å². The summed E-state index contributed by atoms with van der Waals surface area (Å²) in [5, 5.41) is 0. The Hall–Kier alpha value is -1.12. The number of anilines is 1. The number of hydrogen-bond acceptors (Lipinski definition) is 3. The van der Waals surface area contributed by atoms with Crippen LogP contribution in [0.2, 0.25) is 0 Å². The van der Waals surface area contributed by atoms with Crippen LogP contribution in [0.1, 0.15) is 31.9 Å². The summed E-state index contributed by atoms with van der Waals surface area (Å²) in [5.74, 6) is 0.836. The van der Waals surface area contributed by atoms with Gasteiger partial charge in [-0.15, -0.1) is 0 Å². The van der Waals surface area contributed by atoms with Gasteiger partial charge in [-0.25, -0.2) is 9.97 Å². The lowest BCUT2D eigenvalue weighted by Crippen LogP contribution is -2.00. The number of nitrogens with zero attached hydrogens (tertiary/aromatic N) is 2. The van der Waals surface area contributed by atoms with Crippen molar-refractivity contribution in [3.8, 4) is 0 Å². The van der Waals surface area contributed by atoms with Crippen molar-refractivity contribution < 1.29 is 0 Å². The van der Waals surface area contributed by atoms with Gasteiger partial charge < -0.3 is 5.73 Å². The molecule has 1 unspecified atom stereocenters. The molecule has 3 nitrogen and oxygen atoms in total. The minimum atomic E-state index is 0.364. The summed E-state index contributed by atoms with van der Waals surface area (Å²) in [6.45, 7) is 4.25. The van der Waals surface area contributed by atoms with E-state index in [2.05, 4.69) is 23.8 Å². The summed E-state index contributed by atoms with van der Waals surface area (Å²) >= 11 is 0. The second kappa shape index (κ2) is 3.32. The Kier molecular flexibility index (Phi) is 2.41. The molecule has 1 atom stereocenters. The van der Waals surface area contributed by atoms with Crippen molar-refractivity contribution in [2.24, 2.45) is 0 Å². The molecule has 0 bridgehead atoms. The molecule has 0 aliphatic heterocycles. The molecule has 0 aliphatic carbocycles. The van der Waals surface area contributed by atoms with Crippen LogP contribution in [0.4, 0.5) is 5.95 Å². The zero-order valence-corrected chi connectivity index (χ0v) is 6.91. The summed E-state index contributed by atoms with van der Waals surface area (Å²) in [6.07, 6.45) is 2.78. The maximum atomic E-state index is 5.43. The Morgan fingerprint density at radius 3 is 2.91 bits per heavy atom. The first-order valence-electron chi connectivity index (χ1n) is 3.82. The van der Waals surface area contributed by atoms with Gasteiger partial charge in [-0.2, -0.15) is 0 Å². The molecule has 0 saturated carbocycles. The molecule has 0 radical (unpaired) electrons. The van der Waals surface area contributed by atoms with Gasteiger partial charge >= 0.3 is 0 Å². The number of nitrogens with two attached hydrogens (primary N) is 1. The van der Waals surface area contributed by atoms with Gasteiger partial charge in [-0.1, -0.05) is 13.8 Å². The molecule has 11 heavy (non-hydrogen) atoms. The molecular weight excluding hydrogens is 138 g/mol. The van der Waals surface area contributed by atoms with E-state index in [1.807, 2.05) is 6.07 Å². The van der Waals surface area contributed by atoms with Crippen LogP contribution in [0.5, 0.6) is 0 Å². The highest BCUT2D eigenvalue weighted by Crippen LogP contribution is 2.15. The van der Waals surface area contributed by atoms with E-state index in [4.69, 9.17) is 5.73 Å². The van der Waals surface area contributed by atoms with Crippen LogP contribution in [0.15, 0.2) is 12.3 Å². The Bertz CT molecular complexity index is 235. The summed E-state index contributed by atoms with van der Waals surface area (Å²) < 4.78 is 0. The standard InChI is InChI=1S/C8H13N3/c1-3-6(2)7-4-5-10-8(9)11-7/h4-6H,3H2,1-2H3,(H2,9,10,11). The molecule has 0 amide bonds. The largest absolute Gasteiger partial charge is 0.368 e. The normalized spacial score (nSPS) is 12.9. The first kappa shape index (κ1) is 7.98. The summed E-state index contributed by atoms with van der Waals surface area (Å²) in [6, 6.07) is 1.91. The summed E-state index contributed by atoms with van der Waals surface area (Å²) in [5.41, 5.74) is 6.46. The molecule has 3 heteroatoms. The van der Waals surface area contributed by atoms with Crippen LogP contribution in [0.3, 0.4) is 0 Å². The average molecular weight is 151 g/mol. The van der Waals surface area contributed by atoms with Gasteiger partial charge in [0, 0.05) is 11.9 Å². The Morgan fingerprint density at radius 2 is 2.36 bits per heavy atom. The van der Waals surface area contributed by atoms with E-state index in [0.29, 0.717) is 11.9 Å². The average Bonchev–Trinajstić information content (AvgIpc) is 2.03. The fourth-order valence-electron chi connectivity index (χ4n) is 0.872.